The molecule has 0 saturated carbocycles. The first-order valence-electron chi connectivity index (χ1n) is 4.95. The summed E-state index contributed by atoms with van der Waals surface area (Å²) in [5.74, 6) is 0.509. The standard InChI is InChI=1S/C13H17N/c1-10(13(2,3)4)12-7-5-11(9-14)6-8-12/h5-8,10H,1-4H3/t10-/m0/s1. The summed E-state index contributed by atoms with van der Waals surface area (Å²) in [6, 6.07) is 10.0. The molecular weight excluding hydrogens is 170 g/mol. The number of nitriles is 1. The minimum absolute atomic E-state index is 0.272. The highest BCUT2D eigenvalue weighted by atomic mass is 14.3. The largest absolute Gasteiger partial charge is 0.192 e. The van der Waals surface area contributed by atoms with Gasteiger partial charge in [-0.25, -0.2) is 0 Å². The number of rotatable bonds is 1. The van der Waals surface area contributed by atoms with Crippen LogP contribution in [0.5, 0.6) is 0 Å². The van der Waals surface area contributed by atoms with Crippen molar-refractivity contribution in [3.8, 4) is 6.07 Å². The average molecular weight is 187 g/mol. The Kier molecular flexibility index (Phi) is 2.96. The highest BCUT2D eigenvalue weighted by molar-refractivity contribution is 5.33. The minimum atomic E-state index is 0.272. The number of hydrogen-bond donors (Lipinski definition) is 0. The molecule has 0 aliphatic carbocycles. The van der Waals surface area contributed by atoms with Crippen LogP contribution in [0.1, 0.15) is 44.7 Å². The Morgan fingerprint density at radius 3 is 2.00 bits per heavy atom. The maximum Gasteiger partial charge on any atom is 0.0991 e. The van der Waals surface area contributed by atoms with Crippen molar-refractivity contribution in [3.05, 3.63) is 35.4 Å². The lowest BCUT2D eigenvalue weighted by Crippen LogP contribution is -2.15. The quantitative estimate of drug-likeness (QED) is 0.657. The Bertz CT molecular complexity index is 335. The van der Waals surface area contributed by atoms with Gasteiger partial charge >= 0.3 is 0 Å². The summed E-state index contributed by atoms with van der Waals surface area (Å²) < 4.78 is 0. The first kappa shape index (κ1) is 10.8. The van der Waals surface area contributed by atoms with Gasteiger partial charge in [-0.15, -0.1) is 0 Å². The van der Waals surface area contributed by atoms with Gasteiger partial charge in [0.2, 0.25) is 0 Å². The molecule has 1 rings (SSSR count). The van der Waals surface area contributed by atoms with Crippen molar-refractivity contribution >= 4 is 0 Å². The Morgan fingerprint density at radius 2 is 1.64 bits per heavy atom. The number of benzene rings is 1. The first-order valence-corrected chi connectivity index (χ1v) is 4.95. The average Bonchev–Trinajstić information content (AvgIpc) is 2.15. The summed E-state index contributed by atoms with van der Waals surface area (Å²) in [6.45, 7) is 8.92. The maximum atomic E-state index is 8.68. The molecule has 1 atom stereocenters. The molecule has 0 amide bonds. The second kappa shape index (κ2) is 3.84. The monoisotopic (exact) mass is 187 g/mol. The fraction of sp³-hybridized carbons (Fsp3) is 0.462. The molecule has 1 nitrogen and oxygen atoms in total. The normalized spacial score (nSPS) is 13.4. The van der Waals surface area contributed by atoms with E-state index in [1.807, 2.05) is 12.1 Å². The van der Waals surface area contributed by atoms with E-state index in [-0.39, 0.29) is 5.41 Å². The molecule has 0 bridgehead atoms. The summed E-state index contributed by atoms with van der Waals surface area (Å²) in [6.07, 6.45) is 0. The lowest BCUT2D eigenvalue weighted by atomic mass is 9.78. The summed E-state index contributed by atoms with van der Waals surface area (Å²) in [5.41, 5.74) is 2.31. The van der Waals surface area contributed by atoms with E-state index >= 15 is 0 Å². The van der Waals surface area contributed by atoms with Crippen LogP contribution >= 0.6 is 0 Å². The second-order valence-electron chi connectivity index (χ2n) is 4.82. The zero-order chi connectivity index (χ0) is 10.8. The van der Waals surface area contributed by atoms with Gasteiger partial charge in [0, 0.05) is 0 Å². The second-order valence-corrected chi connectivity index (χ2v) is 4.82. The molecule has 1 heteroatoms. The number of hydrogen-bond acceptors (Lipinski definition) is 1. The van der Waals surface area contributed by atoms with Crippen LogP contribution in [0.15, 0.2) is 24.3 Å². The van der Waals surface area contributed by atoms with Gasteiger partial charge in [-0.3, -0.25) is 0 Å². The summed E-state index contributed by atoms with van der Waals surface area (Å²) in [7, 11) is 0. The molecule has 0 heterocycles. The molecule has 0 aliphatic rings. The number of nitrogens with zero attached hydrogens (tertiary/aromatic N) is 1. The fourth-order valence-corrected chi connectivity index (χ4v) is 1.35. The zero-order valence-electron chi connectivity index (χ0n) is 9.33. The third-order valence-electron chi connectivity index (χ3n) is 2.84. The molecule has 0 aliphatic heterocycles. The van der Waals surface area contributed by atoms with Gasteiger partial charge in [0.05, 0.1) is 11.6 Å². The maximum absolute atomic E-state index is 8.68. The van der Waals surface area contributed by atoms with Gasteiger partial charge in [0.25, 0.3) is 0 Å². The van der Waals surface area contributed by atoms with Crippen LogP contribution in [0, 0.1) is 16.7 Å². The molecule has 0 unspecified atom stereocenters. The molecule has 0 spiro atoms. The van der Waals surface area contributed by atoms with Crippen molar-refractivity contribution in [3.63, 3.8) is 0 Å². The van der Waals surface area contributed by atoms with E-state index in [2.05, 4.69) is 45.9 Å². The molecule has 0 radical (unpaired) electrons. The van der Waals surface area contributed by atoms with Crippen LogP contribution in [0.2, 0.25) is 0 Å². The summed E-state index contributed by atoms with van der Waals surface area (Å²) in [5, 5.41) is 8.68. The van der Waals surface area contributed by atoms with Gasteiger partial charge in [-0.05, 0) is 29.0 Å². The first-order chi connectivity index (χ1) is 6.45. The Balaban J connectivity index is 2.94. The van der Waals surface area contributed by atoms with Crippen LogP contribution < -0.4 is 0 Å². The van der Waals surface area contributed by atoms with Crippen molar-refractivity contribution in [1.82, 2.24) is 0 Å². The van der Waals surface area contributed by atoms with E-state index in [9.17, 15) is 0 Å². The smallest absolute Gasteiger partial charge is 0.0991 e. The van der Waals surface area contributed by atoms with Crippen LogP contribution in [-0.2, 0) is 0 Å². The lowest BCUT2D eigenvalue weighted by molar-refractivity contribution is 0.339. The van der Waals surface area contributed by atoms with Gasteiger partial charge in [0.1, 0.15) is 0 Å². The molecule has 14 heavy (non-hydrogen) atoms. The Morgan fingerprint density at radius 1 is 1.14 bits per heavy atom. The van der Waals surface area contributed by atoms with E-state index < -0.39 is 0 Å². The highest BCUT2D eigenvalue weighted by Gasteiger charge is 2.21. The Hall–Kier alpha value is -1.29. The van der Waals surface area contributed by atoms with Crippen molar-refractivity contribution < 1.29 is 0 Å². The van der Waals surface area contributed by atoms with Crippen molar-refractivity contribution in [2.45, 2.75) is 33.6 Å². The SMILES string of the molecule is C[C@@H](c1ccc(C#N)cc1)C(C)(C)C. The molecule has 0 saturated heterocycles. The lowest BCUT2D eigenvalue weighted by Gasteiger charge is -2.27. The van der Waals surface area contributed by atoms with E-state index in [1.54, 1.807) is 0 Å². The highest BCUT2D eigenvalue weighted by Crippen LogP contribution is 2.34. The molecule has 0 aromatic heterocycles. The predicted octanol–water partition coefficient (Wildman–Crippen LogP) is 3.71. The van der Waals surface area contributed by atoms with E-state index in [4.69, 9.17) is 5.26 Å². The molecule has 74 valence electrons. The third kappa shape index (κ3) is 2.35. The van der Waals surface area contributed by atoms with Crippen LogP contribution in [-0.4, -0.2) is 0 Å². The predicted molar refractivity (Wildman–Crippen MR) is 59.0 cm³/mol. The summed E-state index contributed by atoms with van der Waals surface area (Å²) >= 11 is 0. The van der Waals surface area contributed by atoms with Gasteiger partial charge in [-0.2, -0.15) is 5.26 Å². The van der Waals surface area contributed by atoms with Crippen molar-refractivity contribution in [1.29, 1.82) is 5.26 Å². The van der Waals surface area contributed by atoms with Crippen LogP contribution in [0.25, 0.3) is 0 Å². The van der Waals surface area contributed by atoms with E-state index in [1.165, 1.54) is 5.56 Å². The molecule has 1 aromatic carbocycles. The van der Waals surface area contributed by atoms with Gasteiger partial charge < -0.3 is 0 Å². The topological polar surface area (TPSA) is 23.8 Å². The van der Waals surface area contributed by atoms with E-state index in [0.717, 1.165) is 5.56 Å². The summed E-state index contributed by atoms with van der Waals surface area (Å²) in [4.78, 5) is 0. The van der Waals surface area contributed by atoms with E-state index in [0.29, 0.717) is 5.92 Å². The fourth-order valence-electron chi connectivity index (χ4n) is 1.35. The molecular formula is C13H17N. The molecule has 0 fully saturated rings. The zero-order valence-corrected chi connectivity index (χ0v) is 9.33. The third-order valence-corrected chi connectivity index (χ3v) is 2.84. The van der Waals surface area contributed by atoms with Gasteiger partial charge in [0.15, 0.2) is 0 Å². The van der Waals surface area contributed by atoms with Crippen molar-refractivity contribution in [2.24, 2.45) is 5.41 Å². The van der Waals surface area contributed by atoms with Crippen LogP contribution in [0.4, 0.5) is 0 Å². The molecule has 1 aromatic rings. The molecule has 0 N–H and O–H groups in total. The minimum Gasteiger partial charge on any atom is -0.192 e. The van der Waals surface area contributed by atoms with Gasteiger partial charge in [-0.1, -0.05) is 39.8 Å². The van der Waals surface area contributed by atoms with Crippen LogP contribution in [0.3, 0.4) is 0 Å². The van der Waals surface area contributed by atoms with Crippen molar-refractivity contribution in [2.75, 3.05) is 0 Å². The Labute approximate surface area is 86.4 Å².